The van der Waals surface area contributed by atoms with E-state index in [9.17, 15) is 0 Å². The Hall–Kier alpha value is -0.780. The van der Waals surface area contributed by atoms with Gasteiger partial charge in [-0.1, -0.05) is 16.8 Å². The van der Waals surface area contributed by atoms with Crippen molar-refractivity contribution < 1.29 is 5.21 Å². The summed E-state index contributed by atoms with van der Waals surface area (Å²) in [6.07, 6.45) is 2.48. The lowest BCUT2D eigenvalue weighted by Gasteiger charge is -2.02. The van der Waals surface area contributed by atoms with Gasteiger partial charge in [0.1, 0.15) is 5.84 Å². The van der Waals surface area contributed by atoms with E-state index in [0.29, 0.717) is 6.42 Å². The van der Waals surface area contributed by atoms with Crippen molar-refractivity contribution >= 4 is 28.8 Å². The van der Waals surface area contributed by atoms with E-state index in [1.165, 1.54) is 4.88 Å². The zero-order chi connectivity index (χ0) is 11.8. The summed E-state index contributed by atoms with van der Waals surface area (Å²) in [5, 5.41) is 14.5. The fraction of sp³-hybridized carbons (Fsp3) is 0.500. The van der Waals surface area contributed by atoms with E-state index in [4.69, 9.17) is 22.5 Å². The zero-order valence-electron chi connectivity index (χ0n) is 8.95. The molecule has 0 fully saturated rings. The second-order valence-electron chi connectivity index (χ2n) is 3.40. The van der Waals surface area contributed by atoms with Crippen LogP contribution < -0.4 is 11.1 Å². The molecule has 90 valence electrons. The molecule has 0 radical (unpaired) electrons. The first-order valence-corrected chi connectivity index (χ1v) is 6.33. The smallest absolute Gasteiger partial charge is 0.139 e. The van der Waals surface area contributed by atoms with Crippen molar-refractivity contribution in [3.63, 3.8) is 0 Å². The summed E-state index contributed by atoms with van der Waals surface area (Å²) >= 11 is 7.43. The molecule has 1 aromatic heterocycles. The Bertz CT molecular complexity index is 341. The first-order valence-electron chi connectivity index (χ1n) is 5.13. The minimum atomic E-state index is 0.284. The van der Waals surface area contributed by atoms with Crippen LogP contribution in [-0.4, -0.2) is 24.1 Å². The van der Waals surface area contributed by atoms with Crippen LogP contribution in [0.3, 0.4) is 0 Å². The summed E-state index contributed by atoms with van der Waals surface area (Å²) in [7, 11) is 0. The Balaban J connectivity index is 2.00. The van der Waals surface area contributed by atoms with Crippen molar-refractivity contribution in [1.82, 2.24) is 5.32 Å². The minimum absolute atomic E-state index is 0.284. The van der Waals surface area contributed by atoms with Crippen LogP contribution in [0.25, 0.3) is 0 Å². The quantitative estimate of drug-likeness (QED) is 0.231. The van der Waals surface area contributed by atoms with Crippen LogP contribution in [0.4, 0.5) is 0 Å². The average Bonchev–Trinajstić information content (AvgIpc) is 2.69. The second kappa shape index (κ2) is 7.49. The van der Waals surface area contributed by atoms with Gasteiger partial charge in [-0.15, -0.1) is 11.3 Å². The topological polar surface area (TPSA) is 70.6 Å². The molecule has 1 aromatic rings. The maximum Gasteiger partial charge on any atom is 0.139 e. The minimum Gasteiger partial charge on any atom is -0.409 e. The van der Waals surface area contributed by atoms with Crippen molar-refractivity contribution in [3.8, 4) is 0 Å². The highest BCUT2D eigenvalue weighted by Crippen LogP contribution is 2.21. The number of nitrogens with two attached hydrogens (primary N) is 1. The van der Waals surface area contributed by atoms with Gasteiger partial charge in [-0.3, -0.25) is 0 Å². The molecule has 0 unspecified atom stereocenters. The maximum absolute atomic E-state index is 8.32. The SMILES string of the molecule is N/C(CCCNCCc1ccc(Cl)s1)=N/O. The van der Waals surface area contributed by atoms with Crippen molar-refractivity contribution in [2.24, 2.45) is 10.9 Å². The Morgan fingerprint density at radius 2 is 2.31 bits per heavy atom. The molecule has 0 aliphatic carbocycles. The van der Waals surface area contributed by atoms with E-state index in [-0.39, 0.29) is 5.84 Å². The molecule has 0 saturated heterocycles. The summed E-state index contributed by atoms with van der Waals surface area (Å²) in [5.74, 6) is 0.284. The van der Waals surface area contributed by atoms with E-state index in [1.54, 1.807) is 11.3 Å². The van der Waals surface area contributed by atoms with Gasteiger partial charge >= 0.3 is 0 Å². The van der Waals surface area contributed by atoms with Gasteiger partial charge in [-0.25, -0.2) is 0 Å². The first-order chi connectivity index (χ1) is 7.72. The molecule has 16 heavy (non-hydrogen) atoms. The Labute approximate surface area is 104 Å². The van der Waals surface area contributed by atoms with Gasteiger partial charge in [-0.2, -0.15) is 0 Å². The Morgan fingerprint density at radius 3 is 2.94 bits per heavy atom. The van der Waals surface area contributed by atoms with E-state index in [2.05, 4.69) is 10.5 Å². The third-order valence-corrected chi connectivity index (χ3v) is 3.38. The molecule has 0 bridgehead atoms. The van der Waals surface area contributed by atoms with E-state index >= 15 is 0 Å². The lowest BCUT2D eigenvalue weighted by atomic mass is 10.3. The highest BCUT2D eigenvalue weighted by molar-refractivity contribution is 7.16. The number of hydrogen-bond donors (Lipinski definition) is 3. The molecule has 1 heterocycles. The van der Waals surface area contributed by atoms with Gasteiger partial charge in [0.05, 0.1) is 4.34 Å². The molecular weight excluding hydrogens is 246 g/mol. The molecule has 0 amide bonds. The number of hydrogen-bond acceptors (Lipinski definition) is 4. The molecule has 0 spiro atoms. The van der Waals surface area contributed by atoms with Gasteiger partial charge in [-0.05, 0) is 38.1 Å². The molecule has 0 aromatic carbocycles. The lowest BCUT2D eigenvalue weighted by molar-refractivity contribution is 0.316. The summed E-state index contributed by atoms with van der Waals surface area (Å²) < 4.78 is 0.835. The number of nitrogens with zero attached hydrogens (tertiary/aromatic N) is 1. The number of oxime groups is 1. The van der Waals surface area contributed by atoms with Crippen LogP contribution in [0, 0.1) is 0 Å². The summed E-state index contributed by atoms with van der Waals surface area (Å²) in [5.41, 5.74) is 5.34. The second-order valence-corrected chi connectivity index (χ2v) is 5.20. The van der Waals surface area contributed by atoms with Gasteiger partial charge in [0.25, 0.3) is 0 Å². The Morgan fingerprint density at radius 1 is 1.50 bits per heavy atom. The number of nitrogens with one attached hydrogen (secondary N) is 1. The fourth-order valence-corrected chi connectivity index (χ4v) is 2.35. The van der Waals surface area contributed by atoms with Crippen LogP contribution in [0.15, 0.2) is 17.3 Å². The molecule has 1 rings (SSSR count). The molecule has 0 atom stereocenters. The third-order valence-electron chi connectivity index (χ3n) is 2.09. The van der Waals surface area contributed by atoms with Crippen molar-refractivity contribution in [3.05, 3.63) is 21.3 Å². The first kappa shape index (κ1) is 13.3. The summed E-state index contributed by atoms with van der Waals surface area (Å²) in [6.45, 7) is 1.79. The standard InChI is InChI=1S/C10H16ClN3OS/c11-9-4-3-8(16-9)5-7-13-6-1-2-10(12)14-15/h3-4,13,15H,1-2,5-7H2,(H2,12,14). The van der Waals surface area contributed by atoms with Gasteiger partial charge in [0, 0.05) is 11.3 Å². The number of halogens is 1. The number of rotatable bonds is 7. The zero-order valence-corrected chi connectivity index (χ0v) is 10.5. The van der Waals surface area contributed by atoms with Crippen LogP contribution in [0.5, 0.6) is 0 Å². The van der Waals surface area contributed by atoms with E-state index in [1.807, 2.05) is 12.1 Å². The molecular formula is C10H16ClN3OS. The normalized spacial score (nSPS) is 11.9. The van der Waals surface area contributed by atoms with Crippen molar-refractivity contribution in [2.45, 2.75) is 19.3 Å². The molecule has 4 N–H and O–H groups in total. The molecule has 0 aliphatic heterocycles. The predicted molar refractivity (Wildman–Crippen MR) is 68.5 cm³/mol. The number of amidine groups is 1. The third kappa shape index (κ3) is 5.34. The average molecular weight is 262 g/mol. The molecule has 6 heteroatoms. The lowest BCUT2D eigenvalue weighted by Crippen LogP contribution is -2.20. The molecule has 0 saturated carbocycles. The fourth-order valence-electron chi connectivity index (χ4n) is 1.27. The van der Waals surface area contributed by atoms with Crippen LogP contribution in [-0.2, 0) is 6.42 Å². The Kier molecular flexibility index (Phi) is 6.22. The van der Waals surface area contributed by atoms with Crippen LogP contribution in [0.1, 0.15) is 17.7 Å². The summed E-state index contributed by atoms with van der Waals surface area (Å²) in [4.78, 5) is 1.29. The predicted octanol–water partition coefficient (Wildman–Crippen LogP) is 2.06. The van der Waals surface area contributed by atoms with Crippen LogP contribution >= 0.6 is 22.9 Å². The van der Waals surface area contributed by atoms with Crippen molar-refractivity contribution in [1.29, 1.82) is 0 Å². The number of thiophene rings is 1. The van der Waals surface area contributed by atoms with Gasteiger partial charge in [0.2, 0.25) is 0 Å². The van der Waals surface area contributed by atoms with Crippen LogP contribution in [0.2, 0.25) is 4.34 Å². The molecule has 4 nitrogen and oxygen atoms in total. The highest BCUT2D eigenvalue weighted by Gasteiger charge is 1.97. The van der Waals surface area contributed by atoms with Gasteiger partial charge < -0.3 is 16.3 Å². The summed E-state index contributed by atoms with van der Waals surface area (Å²) in [6, 6.07) is 3.96. The maximum atomic E-state index is 8.32. The van der Waals surface area contributed by atoms with Crippen molar-refractivity contribution in [2.75, 3.05) is 13.1 Å². The monoisotopic (exact) mass is 261 g/mol. The van der Waals surface area contributed by atoms with Gasteiger partial charge in [0.15, 0.2) is 0 Å². The largest absolute Gasteiger partial charge is 0.409 e. The molecule has 0 aliphatic rings. The van der Waals surface area contributed by atoms with E-state index in [0.717, 1.165) is 30.3 Å². The van der Waals surface area contributed by atoms with E-state index < -0.39 is 0 Å². The highest BCUT2D eigenvalue weighted by atomic mass is 35.5.